The normalized spacial score (nSPS) is 8.71. The van der Waals surface area contributed by atoms with E-state index in [1.807, 2.05) is 0 Å². The molecule has 96 valence electrons. The van der Waals surface area contributed by atoms with Crippen LogP contribution in [0.4, 0.5) is 0 Å². The fraction of sp³-hybridized carbons (Fsp3) is 0.636. The molecule has 0 atom stereocenters. The van der Waals surface area contributed by atoms with Gasteiger partial charge in [0.1, 0.15) is 0 Å². The molecule has 0 saturated carbocycles. The van der Waals surface area contributed by atoms with Gasteiger partial charge in [-0.3, -0.25) is 0 Å². The van der Waals surface area contributed by atoms with E-state index in [-0.39, 0.29) is 0 Å². The lowest BCUT2D eigenvalue weighted by Crippen LogP contribution is -2.13. The molecule has 0 amide bonds. The van der Waals surface area contributed by atoms with Gasteiger partial charge < -0.3 is 0 Å². The molecule has 2 heterocycles. The van der Waals surface area contributed by atoms with Gasteiger partial charge in [0.15, 0.2) is 6.67 Å². The van der Waals surface area contributed by atoms with E-state index in [1.165, 1.54) is 22.4 Å². The summed E-state index contributed by atoms with van der Waals surface area (Å²) in [5.74, 6) is 0. The highest BCUT2D eigenvalue weighted by Gasteiger charge is 1.92. The third kappa shape index (κ3) is 8.12. The van der Waals surface area contributed by atoms with Gasteiger partial charge in [0.05, 0.1) is 24.8 Å². The second kappa shape index (κ2) is 10.8. The molecular formula is C11H22N6. The van der Waals surface area contributed by atoms with Crippen LogP contribution in [-0.4, -0.2) is 30.0 Å². The Balaban J connectivity index is 0.000000366. The molecule has 0 unspecified atom stereocenters. The summed E-state index contributed by atoms with van der Waals surface area (Å²) < 4.78 is 0. The molecule has 0 aromatic carbocycles. The SMILES string of the molecule is CCC.CCC.c1cnn(Cn2nccn2)n1. The minimum atomic E-state index is 0.458. The van der Waals surface area contributed by atoms with Crippen LogP contribution in [0.5, 0.6) is 0 Å². The van der Waals surface area contributed by atoms with Crippen LogP contribution < -0.4 is 0 Å². The van der Waals surface area contributed by atoms with Crippen molar-refractivity contribution in [2.45, 2.75) is 47.2 Å². The van der Waals surface area contributed by atoms with E-state index >= 15 is 0 Å². The first-order chi connectivity index (χ1) is 8.28. The molecule has 6 heteroatoms. The highest BCUT2D eigenvalue weighted by atomic mass is 15.6. The fourth-order valence-corrected chi connectivity index (χ4v) is 0.746. The van der Waals surface area contributed by atoms with E-state index in [4.69, 9.17) is 0 Å². The predicted molar refractivity (Wildman–Crippen MR) is 67.4 cm³/mol. The average molecular weight is 238 g/mol. The maximum Gasteiger partial charge on any atom is 0.172 e. The highest BCUT2D eigenvalue weighted by molar-refractivity contribution is 4.62. The van der Waals surface area contributed by atoms with E-state index in [1.54, 1.807) is 24.8 Å². The minimum Gasteiger partial charge on any atom is -0.161 e. The maximum atomic E-state index is 3.90. The van der Waals surface area contributed by atoms with Crippen LogP contribution in [0.15, 0.2) is 24.8 Å². The zero-order valence-corrected chi connectivity index (χ0v) is 11.1. The molecule has 0 fully saturated rings. The molecule has 0 radical (unpaired) electrons. The Bertz CT molecular complexity index is 292. The Kier molecular flexibility index (Phi) is 9.70. The molecule has 17 heavy (non-hydrogen) atoms. The van der Waals surface area contributed by atoms with Crippen molar-refractivity contribution in [3.05, 3.63) is 24.8 Å². The Labute approximate surface area is 103 Å². The van der Waals surface area contributed by atoms with Crippen molar-refractivity contribution in [1.29, 1.82) is 0 Å². The lowest BCUT2D eigenvalue weighted by atomic mass is 10.6. The number of nitrogens with zero attached hydrogens (tertiary/aromatic N) is 6. The van der Waals surface area contributed by atoms with Crippen LogP contribution in [0, 0.1) is 0 Å². The lowest BCUT2D eigenvalue weighted by Gasteiger charge is -1.95. The summed E-state index contributed by atoms with van der Waals surface area (Å²) in [7, 11) is 0. The van der Waals surface area contributed by atoms with Crippen LogP contribution in [0.3, 0.4) is 0 Å². The topological polar surface area (TPSA) is 61.4 Å². The van der Waals surface area contributed by atoms with Crippen LogP contribution >= 0.6 is 0 Å². The van der Waals surface area contributed by atoms with Gasteiger partial charge in [0.25, 0.3) is 0 Å². The quantitative estimate of drug-likeness (QED) is 0.804. The molecule has 2 aromatic rings. The van der Waals surface area contributed by atoms with Crippen molar-refractivity contribution in [3.63, 3.8) is 0 Å². The monoisotopic (exact) mass is 238 g/mol. The van der Waals surface area contributed by atoms with Crippen molar-refractivity contribution in [2.75, 3.05) is 0 Å². The number of hydrogen-bond acceptors (Lipinski definition) is 4. The lowest BCUT2D eigenvalue weighted by molar-refractivity contribution is 0.413. The third-order valence-electron chi connectivity index (χ3n) is 1.19. The van der Waals surface area contributed by atoms with E-state index in [0.29, 0.717) is 6.67 Å². The molecular weight excluding hydrogens is 216 g/mol. The number of rotatable bonds is 2. The Morgan fingerprint density at radius 2 is 0.882 bits per heavy atom. The van der Waals surface area contributed by atoms with Gasteiger partial charge >= 0.3 is 0 Å². The summed E-state index contributed by atoms with van der Waals surface area (Å²) in [6.45, 7) is 8.96. The van der Waals surface area contributed by atoms with Crippen molar-refractivity contribution in [1.82, 2.24) is 30.0 Å². The molecule has 2 aromatic heterocycles. The van der Waals surface area contributed by atoms with Gasteiger partial charge in [0, 0.05) is 0 Å². The second-order valence-electron chi connectivity index (χ2n) is 3.36. The molecule has 2 rings (SSSR count). The summed E-state index contributed by atoms with van der Waals surface area (Å²) in [4.78, 5) is 3.00. The van der Waals surface area contributed by atoms with Crippen LogP contribution in [0.1, 0.15) is 40.5 Å². The minimum absolute atomic E-state index is 0.458. The fourth-order valence-electron chi connectivity index (χ4n) is 0.746. The summed E-state index contributed by atoms with van der Waals surface area (Å²) in [6, 6.07) is 0. The first kappa shape index (κ1) is 15.3. The van der Waals surface area contributed by atoms with Gasteiger partial charge in [-0.2, -0.15) is 30.0 Å². The predicted octanol–water partition coefficient (Wildman–Crippen LogP) is 2.21. The molecule has 0 N–H and O–H groups in total. The largest absolute Gasteiger partial charge is 0.172 e. The Morgan fingerprint density at radius 1 is 0.647 bits per heavy atom. The number of hydrogen-bond donors (Lipinski definition) is 0. The standard InChI is InChI=1S/C5H6N6.2C3H8/c1-2-7-10(6-1)5-11-8-3-4-9-11;2*1-3-2/h1-4H,5H2;2*3H2,1-2H3. The Morgan fingerprint density at radius 3 is 1.12 bits per heavy atom. The van der Waals surface area contributed by atoms with E-state index < -0.39 is 0 Å². The third-order valence-corrected chi connectivity index (χ3v) is 1.19. The van der Waals surface area contributed by atoms with E-state index in [9.17, 15) is 0 Å². The van der Waals surface area contributed by atoms with E-state index in [0.717, 1.165) is 0 Å². The van der Waals surface area contributed by atoms with Gasteiger partial charge in [-0.15, -0.1) is 0 Å². The molecule has 0 spiro atoms. The molecule has 6 nitrogen and oxygen atoms in total. The summed E-state index contributed by atoms with van der Waals surface area (Å²) in [6.07, 6.45) is 8.96. The molecule has 0 aliphatic heterocycles. The van der Waals surface area contributed by atoms with Gasteiger partial charge in [0.2, 0.25) is 0 Å². The van der Waals surface area contributed by atoms with Gasteiger partial charge in [-0.05, 0) is 0 Å². The number of aromatic nitrogens is 6. The zero-order chi connectivity index (χ0) is 12.9. The second-order valence-corrected chi connectivity index (χ2v) is 3.36. The van der Waals surface area contributed by atoms with Gasteiger partial charge in [-0.25, -0.2) is 0 Å². The van der Waals surface area contributed by atoms with E-state index in [2.05, 4.69) is 48.1 Å². The van der Waals surface area contributed by atoms with Crippen molar-refractivity contribution < 1.29 is 0 Å². The molecule has 0 aliphatic carbocycles. The maximum absolute atomic E-state index is 3.90. The zero-order valence-electron chi connectivity index (χ0n) is 11.1. The van der Waals surface area contributed by atoms with Crippen LogP contribution in [-0.2, 0) is 6.67 Å². The van der Waals surface area contributed by atoms with Gasteiger partial charge in [-0.1, -0.05) is 40.5 Å². The first-order valence-electron chi connectivity index (χ1n) is 5.96. The summed E-state index contributed by atoms with van der Waals surface area (Å²) in [5, 5.41) is 15.6. The van der Waals surface area contributed by atoms with Crippen molar-refractivity contribution >= 4 is 0 Å². The summed E-state index contributed by atoms with van der Waals surface area (Å²) >= 11 is 0. The van der Waals surface area contributed by atoms with Crippen LogP contribution in [0.2, 0.25) is 0 Å². The molecule has 0 bridgehead atoms. The molecule has 0 saturated heterocycles. The highest BCUT2D eigenvalue weighted by Crippen LogP contribution is 1.80. The average Bonchev–Trinajstić information content (AvgIpc) is 2.94. The summed E-state index contributed by atoms with van der Waals surface area (Å²) in [5.41, 5.74) is 0. The van der Waals surface area contributed by atoms with Crippen molar-refractivity contribution in [3.8, 4) is 0 Å². The smallest absolute Gasteiger partial charge is 0.161 e. The first-order valence-corrected chi connectivity index (χ1v) is 5.96. The Hall–Kier alpha value is -1.72. The molecule has 0 aliphatic rings. The van der Waals surface area contributed by atoms with Crippen LogP contribution in [0.25, 0.3) is 0 Å². The van der Waals surface area contributed by atoms with Crippen molar-refractivity contribution in [2.24, 2.45) is 0 Å².